The second-order valence-corrected chi connectivity index (χ2v) is 6.87. The van der Waals surface area contributed by atoms with E-state index in [0.29, 0.717) is 6.54 Å². The van der Waals surface area contributed by atoms with Crippen LogP contribution in [0.25, 0.3) is 0 Å². The summed E-state index contributed by atoms with van der Waals surface area (Å²) in [4.78, 5) is 0. The fourth-order valence-electron chi connectivity index (χ4n) is 3.58. The molecule has 0 spiro atoms. The first-order chi connectivity index (χ1) is 10.1. The first kappa shape index (κ1) is 14.7. The predicted molar refractivity (Wildman–Crippen MR) is 87.9 cm³/mol. The standard InChI is InChI=1S/C18H19BrFN/c19-15-8-13(9-16(20)10-15)11-18(12-21)7-3-5-14-4-1-2-6-17(14)18/h1-2,4,6,8-10H,3,5,7,11-12,21H2. The zero-order valence-corrected chi connectivity index (χ0v) is 13.5. The molecule has 2 aromatic carbocycles. The van der Waals surface area contributed by atoms with Gasteiger partial charge in [0.2, 0.25) is 0 Å². The molecular weight excluding hydrogens is 329 g/mol. The number of fused-ring (bicyclic) bond motifs is 1. The Kier molecular flexibility index (Phi) is 4.14. The zero-order valence-electron chi connectivity index (χ0n) is 11.9. The minimum atomic E-state index is -0.198. The smallest absolute Gasteiger partial charge is 0.124 e. The average Bonchev–Trinajstić information content (AvgIpc) is 2.46. The lowest BCUT2D eigenvalue weighted by Crippen LogP contribution is -2.40. The molecule has 3 rings (SSSR count). The molecule has 21 heavy (non-hydrogen) atoms. The van der Waals surface area contributed by atoms with E-state index in [4.69, 9.17) is 5.73 Å². The summed E-state index contributed by atoms with van der Waals surface area (Å²) in [7, 11) is 0. The van der Waals surface area contributed by atoms with E-state index in [9.17, 15) is 4.39 Å². The SMILES string of the molecule is NCC1(Cc2cc(F)cc(Br)c2)CCCc2ccccc21. The van der Waals surface area contributed by atoms with E-state index < -0.39 is 0 Å². The maximum absolute atomic E-state index is 13.6. The molecule has 1 aliphatic carbocycles. The van der Waals surface area contributed by atoms with Crippen LogP contribution in [0, 0.1) is 5.82 Å². The molecule has 1 aliphatic rings. The molecule has 2 aromatic rings. The Morgan fingerprint density at radius 3 is 2.76 bits per heavy atom. The van der Waals surface area contributed by atoms with Gasteiger partial charge in [-0.2, -0.15) is 0 Å². The normalized spacial score (nSPS) is 21.1. The summed E-state index contributed by atoms with van der Waals surface area (Å²) in [6.07, 6.45) is 4.11. The van der Waals surface area contributed by atoms with Gasteiger partial charge in [-0.05, 0) is 60.6 Å². The van der Waals surface area contributed by atoms with Gasteiger partial charge >= 0.3 is 0 Å². The van der Waals surface area contributed by atoms with E-state index in [-0.39, 0.29) is 11.2 Å². The van der Waals surface area contributed by atoms with E-state index >= 15 is 0 Å². The van der Waals surface area contributed by atoms with Crippen molar-refractivity contribution < 1.29 is 4.39 Å². The molecule has 0 aliphatic heterocycles. The van der Waals surface area contributed by atoms with Gasteiger partial charge in [0.1, 0.15) is 5.82 Å². The van der Waals surface area contributed by atoms with Crippen LogP contribution in [0.2, 0.25) is 0 Å². The van der Waals surface area contributed by atoms with Crippen LogP contribution in [0.4, 0.5) is 4.39 Å². The van der Waals surface area contributed by atoms with Crippen LogP contribution >= 0.6 is 15.9 Å². The largest absolute Gasteiger partial charge is 0.330 e. The first-order valence-electron chi connectivity index (χ1n) is 7.36. The van der Waals surface area contributed by atoms with Gasteiger partial charge in [0, 0.05) is 16.4 Å². The molecule has 0 saturated carbocycles. The summed E-state index contributed by atoms with van der Waals surface area (Å²) >= 11 is 3.38. The Hall–Kier alpha value is -1.19. The third-order valence-electron chi connectivity index (χ3n) is 4.55. The number of halogens is 2. The quantitative estimate of drug-likeness (QED) is 0.876. The van der Waals surface area contributed by atoms with Crippen LogP contribution < -0.4 is 5.73 Å². The van der Waals surface area contributed by atoms with Crippen molar-refractivity contribution in [3.05, 3.63) is 69.4 Å². The summed E-state index contributed by atoms with van der Waals surface area (Å²) < 4.78 is 14.4. The fourth-order valence-corrected chi connectivity index (χ4v) is 4.09. The molecule has 0 amide bonds. The third kappa shape index (κ3) is 2.90. The van der Waals surface area contributed by atoms with E-state index in [1.54, 1.807) is 6.07 Å². The summed E-state index contributed by atoms with van der Waals surface area (Å²) in [6.45, 7) is 0.595. The number of hydrogen-bond acceptors (Lipinski definition) is 1. The van der Waals surface area contributed by atoms with Gasteiger partial charge < -0.3 is 5.73 Å². The van der Waals surface area contributed by atoms with Gasteiger partial charge in [0.25, 0.3) is 0 Å². The molecule has 1 nitrogen and oxygen atoms in total. The highest BCUT2D eigenvalue weighted by Gasteiger charge is 2.35. The van der Waals surface area contributed by atoms with E-state index in [1.165, 1.54) is 17.2 Å². The number of benzene rings is 2. The van der Waals surface area contributed by atoms with Crippen molar-refractivity contribution in [1.29, 1.82) is 0 Å². The lowest BCUT2D eigenvalue weighted by molar-refractivity contribution is 0.365. The van der Waals surface area contributed by atoms with Crippen LogP contribution in [-0.2, 0) is 18.3 Å². The lowest BCUT2D eigenvalue weighted by atomic mass is 9.67. The van der Waals surface area contributed by atoms with Crippen molar-refractivity contribution >= 4 is 15.9 Å². The Balaban J connectivity index is 2.02. The van der Waals surface area contributed by atoms with Crippen LogP contribution in [0.5, 0.6) is 0 Å². The molecule has 0 saturated heterocycles. The topological polar surface area (TPSA) is 26.0 Å². The maximum atomic E-state index is 13.6. The summed E-state index contributed by atoms with van der Waals surface area (Å²) in [5.74, 6) is -0.198. The summed E-state index contributed by atoms with van der Waals surface area (Å²) in [5.41, 5.74) is 9.85. The number of hydrogen-bond donors (Lipinski definition) is 1. The second kappa shape index (κ2) is 5.90. The zero-order chi connectivity index (χ0) is 14.9. The maximum Gasteiger partial charge on any atom is 0.124 e. The van der Waals surface area contributed by atoms with E-state index in [0.717, 1.165) is 35.7 Å². The van der Waals surface area contributed by atoms with Crippen LogP contribution in [0.1, 0.15) is 29.5 Å². The van der Waals surface area contributed by atoms with Crippen molar-refractivity contribution in [2.45, 2.75) is 31.1 Å². The molecule has 3 heteroatoms. The molecule has 110 valence electrons. The second-order valence-electron chi connectivity index (χ2n) is 5.95. The Morgan fingerprint density at radius 1 is 1.19 bits per heavy atom. The fraction of sp³-hybridized carbons (Fsp3) is 0.333. The van der Waals surface area contributed by atoms with Gasteiger partial charge in [0.05, 0.1) is 0 Å². The molecule has 1 unspecified atom stereocenters. The summed E-state index contributed by atoms with van der Waals surface area (Å²) in [5, 5.41) is 0. The molecule has 1 atom stereocenters. The van der Waals surface area contributed by atoms with Crippen molar-refractivity contribution in [2.75, 3.05) is 6.54 Å². The van der Waals surface area contributed by atoms with Crippen molar-refractivity contribution in [2.24, 2.45) is 5.73 Å². The Labute approximate surface area is 133 Å². The molecule has 0 fully saturated rings. The summed E-state index contributed by atoms with van der Waals surface area (Å²) in [6, 6.07) is 13.7. The predicted octanol–water partition coefficient (Wildman–Crippen LogP) is 4.36. The van der Waals surface area contributed by atoms with E-state index in [1.807, 2.05) is 6.07 Å². The monoisotopic (exact) mass is 347 g/mol. The van der Waals surface area contributed by atoms with Gasteiger partial charge in [-0.3, -0.25) is 0 Å². The minimum Gasteiger partial charge on any atom is -0.330 e. The van der Waals surface area contributed by atoms with Gasteiger partial charge in [-0.1, -0.05) is 40.2 Å². The highest BCUT2D eigenvalue weighted by atomic mass is 79.9. The average molecular weight is 348 g/mol. The van der Waals surface area contributed by atoms with Crippen molar-refractivity contribution in [1.82, 2.24) is 0 Å². The highest BCUT2D eigenvalue weighted by molar-refractivity contribution is 9.10. The van der Waals surface area contributed by atoms with Gasteiger partial charge in [0.15, 0.2) is 0 Å². The molecular formula is C18H19BrFN. The highest BCUT2D eigenvalue weighted by Crippen LogP contribution is 2.39. The molecule has 0 bridgehead atoms. The molecule has 0 heterocycles. The lowest BCUT2D eigenvalue weighted by Gasteiger charge is -2.38. The van der Waals surface area contributed by atoms with Crippen LogP contribution in [0.15, 0.2) is 46.9 Å². The number of nitrogens with two attached hydrogens (primary N) is 1. The molecule has 0 radical (unpaired) electrons. The molecule has 0 aromatic heterocycles. The molecule has 2 N–H and O–H groups in total. The Morgan fingerprint density at radius 2 is 2.00 bits per heavy atom. The van der Waals surface area contributed by atoms with Crippen LogP contribution in [0.3, 0.4) is 0 Å². The van der Waals surface area contributed by atoms with Crippen LogP contribution in [-0.4, -0.2) is 6.54 Å². The van der Waals surface area contributed by atoms with Gasteiger partial charge in [-0.25, -0.2) is 4.39 Å². The van der Waals surface area contributed by atoms with Crippen molar-refractivity contribution in [3.63, 3.8) is 0 Å². The minimum absolute atomic E-state index is 0.0674. The van der Waals surface area contributed by atoms with Gasteiger partial charge in [-0.15, -0.1) is 0 Å². The number of rotatable bonds is 3. The van der Waals surface area contributed by atoms with Crippen molar-refractivity contribution in [3.8, 4) is 0 Å². The van der Waals surface area contributed by atoms with E-state index in [2.05, 4.69) is 40.2 Å². The Bertz CT molecular complexity index is 635. The first-order valence-corrected chi connectivity index (χ1v) is 8.16. The third-order valence-corrected chi connectivity index (χ3v) is 5.00. The number of aryl methyl sites for hydroxylation is 1.